The summed E-state index contributed by atoms with van der Waals surface area (Å²) in [5.74, 6) is 0.561. The van der Waals surface area contributed by atoms with Crippen molar-refractivity contribution >= 4 is 23.6 Å². The predicted octanol–water partition coefficient (Wildman–Crippen LogP) is 2.02. The first-order valence-electron chi connectivity index (χ1n) is 9.25. The zero-order valence-corrected chi connectivity index (χ0v) is 16.2. The van der Waals surface area contributed by atoms with E-state index in [0.29, 0.717) is 22.8 Å². The van der Waals surface area contributed by atoms with Gasteiger partial charge in [0.2, 0.25) is 0 Å². The van der Waals surface area contributed by atoms with Crippen LogP contribution >= 0.6 is 0 Å². The molecule has 0 bridgehead atoms. The molecular formula is C20H20N6O4. The fraction of sp³-hybridized carbons (Fsp3) is 0.200. The molecule has 10 nitrogen and oxygen atoms in total. The van der Waals surface area contributed by atoms with Crippen molar-refractivity contribution < 1.29 is 19.4 Å². The van der Waals surface area contributed by atoms with Crippen molar-refractivity contribution in [1.82, 2.24) is 20.3 Å². The molecule has 30 heavy (non-hydrogen) atoms. The second-order valence-corrected chi connectivity index (χ2v) is 6.78. The number of carboxylic acid groups (broad SMARTS) is 1. The van der Waals surface area contributed by atoms with Crippen molar-refractivity contribution in [3.63, 3.8) is 0 Å². The Labute approximate surface area is 171 Å². The molecule has 154 valence electrons. The van der Waals surface area contributed by atoms with E-state index in [1.165, 1.54) is 4.90 Å². The summed E-state index contributed by atoms with van der Waals surface area (Å²) in [4.78, 5) is 36.4. The normalized spacial score (nSPS) is 13.0. The lowest BCUT2D eigenvalue weighted by Crippen LogP contribution is -2.43. The van der Waals surface area contributed by atoms with Gasteiger partial charge < -0.3 is 30.8 Å². The number of amides is 2. The molecule has 0 spiro atoms. The molecule has 1 aromatic carbocycles. The number of nitrogen functional groups attached to an aromatic ring is 1. The number of ether oxygens (including phenoxy) is 1. The molecule has 3 heterocycles. The largest absolute Gasteiger partial charge is 0.482 e. The molecule has 2 aromatic heterocycles. The third-order valence-corrected chi connectivity index (χ3v) is 4.69. The Kier molecular flexibility index (Phi) is 4.97. The van der Waals surface area contributed by atoms with Crippen LogP contribution in [0.3, 0.4) is 0 Å². The summed E-state index contributed by atoms with van der Waals surface area (Å²) in [6, 6.07) is 9.19. The minimum atomic E-state index is -1.14. The Hall–Kier alpha value is -4.08. The minimum Gasteiger partial charge on any atom is -0.482 e. The van der Waals surface area contributed by atoms with Crippen molar-refractivity contribution in [2.24, 2.45) is 0 Å². The maximum atomic E-state index is 12.4. The van der Waals surface area contributed by atoms with E-state index in [2.05, 4.69) is 20.3 Å². The summed E-state index contributed by atoms with van der Waals surface area (Å²) >= 11 is 0. The number of nitrogens with one attached hydrogen (secondary N) is 2. The van der Waals surface area contributed by atoms with Crippen molar-refractivity contribution in [3.8, 4) is 28.3 Å². The highest BCUT2D eigenvalue weighted by Crippen LogP contribution is 2.38. The first-order valence-corrected chi connectivity index (χ1v) is 9.25. The number of rotatable bonds is 5. The maximum Gasteiger partial charge on any atom is 0.404 e. The summed E-state index contributed by atoms with van der Waals surface area (Å²) in [5, 5.41) is 11.1. The Morgan fingerprint density at radius 1 is 1.33 bits per heavy atom. The number of aromatic amines is 1. The van der Waals surface area contributed by atoms with E-state index >= 15 is 0 Å². The molecule has 2 amide bonds. The Morgan fingerprint density at radius 2 is 2.17 bits per heavy atom. The van der Waals surface area contributed by atoms with Crippen LogP contribution in [-0.4, -0.2) is 51.8 Å². The van der Waals surface area contributed by atoms with Gasteiger partial charge in [0.05, 0.1) is 17.1 Å². The van der Waals surface area contributed by atoms with E-state index in [1.807, 2.05) is 25.1 Å². The van der Waals surface area contributed by atoms with E-state index < -0.39 is 6.09 Å². The van der Waals surface area contributed by atoms with Crippen LogP contribution < -0.4 is 20.7 Å². The lowest BCUT2D eigenvalue weighted by Gasteiger charge is -2.29. The highest BCUT2D eigenvalue weighted by Gasteiger charge is 2.26. The van der Waals surface area contributed by atoms with E-state index in [9.17, 15) is 9.59 Å². The topological polar surface area (TPSA) is 146 Å². The van der Waals surface area contributed by atoms with Gasteiger partial charge in [0, 0.05) is 36.1 Å². The van der Waals surface area contributed by atoms with Crippen LogP contribution in [-0.2, 0) is 4.79 Å². The molecule has 0 radical (unpaired) electrons. The Bertz CT molecular complexity index is 1130. The summed E-state index contributed by atoms with van der Waals surface area (Å²) < 4.78 is 5.53. The number of H-pyrrole nitrogens is 1. The molecule has 0 unspecified atom stereocenters. The third kappa shape index (κ3) is 3.75. The van der Waals surface area contributed by atoms with Gasteiger partial charge in [0.15, 0.2) is 12.6 Å². The van der Waals surface area contributed by atoms with Crippen molar-refractivity contribution in [2.45, 2.75) is 6.92 Å². The van der Waals surface area contributed by atoms with Gasteiger partial charge in [-0.2, -0.15) is 0 Å². The lowest BCUT2D eigenvalue weighted by atomic mass is 10.0. The number of hydrogen-bond donors (Lipinski definition) is 4. The molecule has 5 N–H and O–H groups in total. The molecule has 0 saturated heterocycles. The zero-order chi connectivity index (χ0) is 21.3. The number of aromatic nitrogens is 3. The number of nitrogens with two attached hydrogens (primary N) is 1. The van der Waals surface area contributed by atoms with Crippen LogP contribution in [0.2, 0.25) is 0 Å². The molecule has 0 aliphatic carbocycles. The minimum absolute atomic E-state index is 0.0992. The fourth-order valence-electron chi connectivity index (χ4n) is 3.38. The second-order valence-electron chi connectivity index (χ2n) is 6.78. The van der Waals surface area contributed by atoms with Crippen molar-refractivity contribution in [3.05, 3.63) is 42.2 Å². The lowest BCUT2D eigenvalue weighted by molar-refractivity contribution is -0.121. The SMILES string of the molecule is Cc1cc(-c2nc(N)[nH]c2-c2ccc3c(c2)N(CCNC(=O)O)C(=O)CO3)ccn1. The molecule has 3 aromatic rings. The smallest absolute Gasteiger partial charge is 0.404 e. The van der Waals surface area contributed by atoms with Gasteiger partial charge in [-0.05, 0) is 37.3 Å². The van der Waals surface area contributed by atoms with Gasteiger partial charge >= 0.3 is 6.09 Å². The summed E-state index contributed by atoms with van der Waals surface area (Å²) in [6.07, 6.45) is 0.561. The van der Waals surface area contributed by atoms with Gasteiger partial charge in [0.1, 0.15) is 5.75 Å². The number of fused-ring (bicyclic) bond motifs is 1. The van der Waals surface area contributed by atoms with Crippen LogP contribution in [0, 0.1) is 6.92 Å². The van der Waals surface area contributed by atoms with Gasteiger partial charge in [-0.15, -0.1) is 0 Å². The molecule has 0 fully saturated rings. The van der Waals surface area contributed by atoms with E-state index in [4.69, 9.17) is 15.6 Å². The number of carbonyl (C=O) groups excluding carboxylic acids is 1. The Balaban J connectivity index is 1.73. The first-order chi connectivity index (χ1) is 14.4. The van der Waals surface area contributed by atoms with Crippen LogP contribution in [0.15, 0.2) is 36.5 Å². The van der Waals surface area contributed by atoms with Gasteiger partial charge in [-0.1, -0.05) is 0 Å². The number of pyridine rings is 1. The molecule has 10 heteroatoms. The Morgan fingerprint density at radius 3 is 2.93 bits per heavy atom. The predicted molar refractivity (Wildman–Crippen MR) is 110 cm³/mol. The number of anilines is 2. The van der Waals surface area contributed by atoms with Crippen molar-refractivity contribution in [2.75, 3.05) is 30.3 Å². The maximum absolute atomic E-state index is 12.4. The highest BCUT2D eigenvalue weighted by molar-refractivity contribution is 5.99. The highest BCUT2D eigenvalue weighted by atomic mass is 16.5. The quantitative estimate of drug-likeness (QED) is 0.505. The average molecular weight is 408 g/mol. The fourth-order valence-corrected chi connectivity index (χ4v) is 3.38. The number of aryl methyl sites for hydroxylation is 1. The molecule has 0 atom stereocenters. The van der Waals surface area contributed by atoms with Crippen LogP contribution in [0.4, 0.5) is 16.4 Å². The summed E-state index contributed by atoms with van der Waals surface area (Å²) in [6.45, 7) is 2.08. The number of nitrogens with zero attached hydrogens (tertiary/aromatic N) is 3. The van der Waals surface area contributed by atoms with Gasteiger partial charge in [0.25, 0.3) is 5.91 Å². The number of benzene rings is 1. The molecule has 0 saturated carbocycles. The summed E-state index contributed by atoms with van der Waals surface area (Å²) in [7, 11) is 0. The van der Waals surface area contributed by atoms with E-state index in [1.54, 1.807) is 18.3 Å². The van der Waals surface area contributed by atoms with Gasteiger partial charge in [-0.25, -0.2) is 9.78 Å². The number of hydrogen-bond acceptors (Lipinski definition) is 6. The zero-order valence-electron chi connectivity index (χ0n) is 16.2. The molecule has 1 aliphatic heterocycles. The second kappa shape index (κ2) is 7.74. The van der Waals surface area contributed by atoms with Gasteiger partial charge in [-0.3, -0.25) is 9.78 Å². The van der Waals surface area contributed by atoms with Crippen LogP contribution in [0.1, 0.15) is 5.69 Å². The standard InChI is InChI=1S/C20H20N6O4/c1-11-8-13(4-5-22-11)18-17(24-19(21)25-18)12-2-3-15-14(9-12)26(16(27)10-30-15)7-6-23-20(28)29/h2-5,8-9,23H,6-7,10H2,1H3,(H,28,29)(H3,21,24,25). The molecule has 1 aliphatic rings. The van der Waals surface area contributed by atoms with E-state index in [0.717, 1.165) is 16.8 Å². The van der Waals surface area contributed by atoms with Crippen LogP contribution in [0.5, 0.6) is 5.75 Å². The number of imidazole rings is 1. The number of carbonyl (C=O) groups is 2. The van der Waals surface area contributed by atoms with Crippen LogP contribution in [0.25, 0.3) is 22.5 Å². The molecule has 4 rings (SSSR count). The van der Waals surface area contributed by atoms with Crippen molar-refractivity contribution in [1.29, 1.82) is 0 Å². The first kappa shape index (κ1) is 19.2. The average Bonchev–Trinajstić information content (AvgIpc) is 3.11. The van der Waals surface area contributed by atoms with E-state index in [-0.39, 0.29) is 31.6 Å². The molecular weight excluding hydrogens is 388 g/mol. The third-order valence-electron chi connectivity index (χ3n) is 4.69. The monoisotopic (exact) mass is 408 g/mol. The summed E-state index contributed by atoms with van der Waals surface area (Å²) in [5.41, 5.74) is 10.3.